The van der Waals surface area contributed by atoms with Crippen molar-refractivity contribution in [1.82, 2.24) is 19.5 Å². The van der Waals surface area contributed by atoms with E-state index in [1.54, 1.807) is 34.5 Å². The molecule has 52 heavy (non-hydrogen) atoms. The third-order valence-corrected chi connectivity index (χ3v) is 12.0. The lowest BCUT2D eigenvalue weighted by Crippen LogP contribution is -2.68. The number of pyridine rings is 1. The number of aryl methyl sites for hydroxylation is 1. The molecule has 0 bridgehead atoms. The Balaban J connectivity index is 1.43. The van der Waals surface area contributed by atoms with Crippen molar-refractivity contribution in [2.45, 2.75) is 93.8 Å². The molecule has 0 spiro atoms. The molecular weight excluding hydrogens is 722 g/mol. The minimum atomic E-state index is -4.81. The van der Waals surface area contributed by atoms with E-state index in [9.17, 15) is 36.0 Å². The smallest absolute Gasteiger partial charge is 0.418 e. The Hall–Kier alpha value is -4.02. The van der Waals surface area contributed by atoms with Crippen molar-refractivity contribution < 1.29 is 45.8 Å². The molecule has 2 N–H and O–H groups in total. The number of carbonyl (C=O) groups is 3. The van der Waals surface area contributed by atoms with Gasteiger partial charge in [-0.05, 0) is 74.8 Å². The van der Waals surface area contributed by atoms with E-state index in [1.807, 2.05) is 13.8 Å². The molecule has 2 aliphatic rings. The highest BCUT2D eigenvalue weighted by molar-refractivity contribution is 7.89. The number of hydrogen-bond donors (Lipinski definition) is 2. The summed E-state index contributed by atoms with van der Waals surface area (Å²) in [6.07, 6.45) is -1.51. The maximum Gasteiger partial charge on any atom is 0.418 e. The van der Waals surface area contributed by atoms with Gasteiger partial charge in [0, 0.05) is 55.5 Å². The summed E-state index contributed by atoms with van der Waals surface area (Å²) in [5.74, 6) is -2.08. The molecule has 1 aromatic carbocycles. The van der Waals surface area contributed by atoms with Crippen LogP contribution in [0.1, 0.15) is 90.7 Å². The average Bonchev–Trinajstić information content (AvgIpc) is 3.53. The van der Waals surface area contributed by atoms with Crippen LogP contribution in [0.3, 0.4) is 0 Å². The summed E-state index contributed by atoms with van der Waals surface area (Å²) >= 11 is 1.42. The summed E-state index contributed by atoms with van der Waals surface area (Å²) in [5.41, 5.74) is -2.88. The van der Waals surface area contributed by atoms with Crippen LogP contribution in [0.4, 0.5) is 13.2 Å². The Morgan fingerprint density at radius 3 is 2.50 bits per heavy atom. The number of amides is 2. The number of hydrogen-bond acceptors (Lipinski definition) is 8. The number of piperidine rings is 2. The number of aliphatic carboxylic acids is 1. The molecule has 0 unspecified atom stereocenters. The van der Waals surface area contributed by atoms with Gasteiger partial charge in [-0.1, -0.05) is 31.5 Å². The predicted octanol–water partition coefficient (Wildman–Crippen LogP) is 6.24. The van der Waals surface area contributed by atoms with Crippen molar-refractivity contribution >= 4 is 39.1 Å². The van der Waals surface area contributed by atoms with Gasteiger partial charge in [-0.3, -0.25) is 19.4 Å². The standard InChI is InChI=1S/C36H43F3N4O7S2/c1-3-9-30-35(50-26-22-24(2)51-23-26,16-8-19-43(30)33(46)32-28(36(37,38)39)11-6-17-40-32)34(47)42-20-14-25(15-21-42)27-10-4-5-12-29(27)52(48,49)41-18-7-13-31(44)45/h4-6,10-12,17,22-23,25,30,41H,3,7-9,13-16,18-21H2,1-2H3,(H,44,45)/t30-,35+/m1/s1. The maximum atomic E-state index is 14.9. The second-order valence-corrected chi connectivity index (χ2v) is 16.0. The minimum absolute atomic E-state index is 0.0298. The highest BCUT2D eigenvalue weighted by Gasteiger charge is 2.56. The lowest BCUT2D eigenvalue weighted by Gasteiger charge is -2.50. The first kappa shape index (κ1) is 39.2. The second kappa shape index (κ2) is 16.3. The maximum absolute atomic E-state index is 14.9. The molecule has 2 saturated heterocycles. The highest BCUT2D eigenvalue weighted by atomic mass is 32.2. The number of carbonyl (C=O) groups excluding carboxylic acids is 2. The fourth-order valence-electron chi connectivity index (χ4n) is 7.28. The van der Waals surface area contributed by atoms with Crippen LogP contribution in [-0.4, -0.2) is 83.9 Å². The zero-order chi connectivity index (χ0) is 37.7. The van der Waals surface area contributed by atoms with Crippen LogP contribution in [0, 0.1) is 6.92 Å². The van der Waals surface area contributed by atoms with Crippen molar-refractivity contribution in [3.05, 3.63) is 75.7 Å². The van der Waals surface area contributed by atoms with Gasteiger partial charge in [-0.25, -0.2) is 13.1 Å². The van der Waals surface area contributed by atoms with E-state index in [1.165, 1.54) is 22.3 Å². The number of benzene rings is 1. The normalized spacial score (nSPS) is 20.1. The first-order valence-electron chi connectivity index (χ1n) is 17.3. The first-order valence-corrected chi connectivity index (χ1v) is 19.7. The van der Waals surface area contributed by atoms with E-state index in [4.69, 9.17) is 9.84 Å². The summed E-state index contributed by atoms with van der Waals surface area (Å²) in [5, 5.41) is 10.7. The Labute approximate surface area is 305 Å². The number of rotatable bonds is 13. The number of aromatic nitrogens is 1. The molecule has 0 radical (unpaired) electrons. The number of carboxylic acids is 1. The van der Waals surface area contributed by atoms with Gasteiger partial charge in [0.1, 0.15) is 11.4 Å². The third kappa shape index (κ3) is 8.60. The number of halogens is 3. The molecule has 2 atom stereocenters. The fourth-order valence-corrected chi connectivity index (χ4v) is 9.25. The van der Waals surface area contributed by atoms with E-state index in [0.29, 0.717) is 37.0 Å². The van der Waals surface area contributed by atoms with Crippen LogP contribution in [0.5, 0.6) is 5.75 Å². The first-order chi connectivity index (χ1) is 24.7. The SMILES string of the molecule is CCC[C@H]1N(C(=O)c2ncccc2C(F)(F)F)CCC[C@@]1(Oc1csc(C)c1)C(=O)N1CCC(c2ccccc2S(=O)(=O)NCCCC(=O)O)CC1. The Bertz CT molecular complexity index is 1860. The van der Waals surface area contributed by atoms with Crippen molar-refractivity contribution in [3.8, 4) is 5.75 Å². The molecule has 16 heteroatoms. The summed E-state index contributed by atoms with van der Waals surface area (Å²) in [6, 6.07) is 9.47. The molecule has 3 aromatic rings. The number of sulfonamides is 1. The lowest BCUT2D eigenvalue weighted by atomic mass is 9.79. The number of ether oxygens (including phenoxy) is 1. The average molecular weight is 765 g/mol. The predicted molar refractivity (Wildman–Crippen MR) is 188 cm³/mol. The monoisotopic (exact) mass is 764 g/mol. The van der Waals surface area contributed by atoms with Crippen molar-refractivity contribution in [2.75, 3.05) is 26.2 Å². The van der Waals surface area contributed by atoms with Gasteiger partial charge >= 0.3 is 12.1 Å². The van der Waals surface area contributed by atoms with E-state index in [-0.39, 0.29) is 68.6 Å². The molecule has 11 nitrogen and oxygen atoms in total. The van der Waals surface area contributed by atoms with Crippen molar-refractivity contribution in [1.29, 1.82) is 0 Å². The van der Waals surface area contributed by atoms with E-state index in [0.717, 1.165) is 23.2 Å². The van der Waals surface area contributed by atoms with Crippen molar-refractivity contribution in [2.24, 2.45) is 0 Å². The Kier molecular flexibility index (Phi) is 12.3. The van der Waals surface area contributed by atoms with Crippen LogP contribution in [-0.2, 0) is 25.8 Å². The van der Waals surface area contributed by atoms with Crippen LogP contribution < -0.4 is 9.46 Å². The van der Waals surface area contributed by atoms with Crippen LogP contribution >= 0.6 is 11.3 Å². The summed E-state index contributed by atoms with van der Waals surface area (Å²) in [7, 11) is -3.95. The highest BCUT2D eigenvalue weighted by Crippen LogP contribution is 2.41. The fraction of sp³-hybridized carbons (Fsp3) is 0.500. The zero-order valence-electron chi connectivity index (χ0n) is 29.0. The summed E-state index contributed by atoms with van der Waals surface area (Å²) in [6.45, 7) is 4.36. The zero-order valence-corrected chi connectivity index (χ0v) is 30.7. The van der Waals surface area contributed by atoms with Gasteiger partial charge in [-0.2, -0.15) is 13.2 Å². The second-order valence-electron chi connectivity index (χ2n) is 13.2. The largest absolute Gasteiger partial charge is 0.481 e. The van der Waals surface area contributed by atoms with E-state index < -0.39 is 51.0 Å². The van der Waals surface area contributed by atoms with Gasteiger partial charge in [0.25, 0.3) is 11.8 Å². The number of alkyl halides is 3. The Morgan fingerprint density at radius 1 is 1.12 bits per heavy atom. The molecular formula is C36H43F3N4O7S2. The number of likely N-dealkylation sites (tertiary alicyclic amines) is 2. The van der Waals surface area contributed by atoms with Gasteiger partial charge in [0.05, 0.1) is 16.5 Å². The van der Waals surface area contributed by atoms with Gasteiger partial charge in [0.15, 0.2) is 0 Å². The van der Waals surface area contributed by atoms with Crippen molar-refractivity contribution in [3.63, 3.8) is 0 Å². The summed E-state index contributed by atoms with van der Waals surface area (Å²) in [4.78, 5) is 47.7. The molecule has 282 valence electrons. The topological polar surface area (TPSA) is 146 Å². The molecule has 2 amide bonds. The molecule has 0 saturated carbocycles. The third-order valence-electron chi connectivity index (χ3n) is 9.66. The van der Waals surface area contributed by atoms with E-state index in [2.05, 4.69) is 9.71 Å². The number of nitrogens with zero attached hydrogens (tertiary/aromatic N) is 3. The van der Waals surface area contributed by atoms with Crippen LogP contribution in [0.25, 0.3) is 0 Å². The van der Waals surface area contributed by atoms with Gasteiger partial charge < -0.3 is 19.6 Å². The molecule has 5 rings (SSSR count). The summed E-state index contributed by atoms with van der Waals surface area (Å²) < 4.78 is 77.7. The molecule has 2 fully saturated rings. The Morgan fingerprint density at radius 2 is 1.85 bits per heavy atom. The number of nitrogens with one attached hydrogen (secondary N) is 1. The molecule has 4 heterocycles. The molecule has 2 aromatic heterocycles. The molecule has 2 aliphatic heterocycles. The number of carboxylic acid groups (broad SMARTS) is 1. The van der Waals surface area contributed by atoms with E-state index >= 15 is 0 Å². The van der Waals surface area contributed by atoms with Gasteiger partial charge in [0.2, 0.25) is 15.6 Å². The van der Waals surface area contributed by atoms with Crippen LogP contribution in [0.2, 0.25) is 0 Å². The van der Waals surface area contributed by atoms with Crippen LogP contribution in [0.15, 0.2) is 58.9 Å². The lowest BCUT2D eigenvalue weighted by molar-refractivity contribution is -0.160. The van der Waals surface area contributed by atoms with Gasteiger partial charge in [-0.15, -0.1) is 11.3 Å². The minimum Gasteiger partial charge on any atom is -0.481 e. The number of thiophene rings is 1. The molecule has 0 aliphatic carbocycles. The quantitative estimate of drug-likeness (QED) is 0.195.